The van der Waals surface area contributed by atoms with Gasteiger partial charge in [0.2, 0.25) is 0 Å². The fourth-order valence-corrected chi connectivity index (χ4v) is 3.31. The summed E-state index contributed by atoms with van der Waals surface area (Å²) in [4.78, 5) is 16.7. The number of amides is 1. The molecule has 4 nitrogen and oxygen atoms in total. The molecule has 1 aromatic heterocycles. The molecule has 1 aromatic carbocycles. The summed E-state index contributed by atoms with van der Waals surface area (Å²) in [6.07, 6.45) is 5.27. The lowest BCUT2D eigenvalue weighted by Crippen LogP contribution is -2.31. The lowest BCUT2D eigenvalue weighted by molar-refractivity contribution is -0.116. The maximum atomic E-state index is 12.0. The standard InChI is InChI=1S/C16H14ClN3OS/c1-10-8-12(17)2-3-13(10)19-16-20-15(21)14(22-16)9-11-4-6-18-7-5-11/h2-9,16,19H,1H3,(H,20,21)/b14-9-. The van der Waals surface area contributed by atoms with Crippen LogP contribution in [-0.4, -0.2) is 16.4 Å². The van der Waals surface area contributed by atoms with Crippen molar-refractivity contribution in [1.29, 1.82) is 0 Å². The zero-order valence-electron chi connectivity index (χ0n) is 11.8. The van der Waals surface area contributed by atoms with Crippen LogP contribution in [0.1, 0.15) is 11.1 Å². The van der Waals surface area contributed by atoms with E-state index in [0.717, 1.165) is 16.8 Å². The Bertz CT molecular complexity index is 733. The first-order chi connectivity index (χ1) is 10.6. The van der Waals surface area contributed by atoms with Gasteiger partial charge in [0, 0.05) is 23.1 Å². The Morgan fingerprint density at radius 1 is 1.32 bits per heavy atom. The SMILES string of the molecule is Cc1cc(Cl)ccc1NC1NC(=O)/C(=C/c2ccncc2)S1. The van der Waals surface area contributed by atoms with Gasteiger partial charge in [-0.15, -0.1) is 0 Å². The van der Waals surface area contributed by atoms with Crippen LogP contribution in [0.5, 0.6) is 0 Å². The third-order valence-corrected chi connectivity index (χ3v) is 4.47. The van der Waals surface area contributed by atoms with E-state index in [2.05, 4.69) is 15.6 Å². The summed E-state index contributed by atoms with van der Waals surface area (Å²) in [5.74, 6) is -0.0778. The number of benzene rings is 1. The lowest BCUT2D eigenvalue weighted by Gasteiger charge is -2.14. The Kier molecular flexibility index (Phi) is 4.36. The fourth-order valence-electron chi connectivity index (χ4n) is 2.11. The van der Waals surface area contributed by atoms with Crippen LogP contribution < -0.4 is 10.6 Å². The van der Waals surface area contributed by atoms with Gasteiger partial charge in [0.05, 0.1) is 4.91 Å². The molecule has 1 aliphatic heterocycles. The second kappa shape index (κ2) is 6.42. The third kappa shape index (κ3) is 3.43. The minimum atomic E-state index is -0.194. The number of rotatable bonds is 3. The van der Waals surface area contributed by atoms with E-state index in [-0.39, 0.29) is 11.4 Å². The average Bonchev–Trinajstić information content (AvgIpc) is 2.83. The predicted octanol–water partition coefficient (Wildman–Crippen LogP) is 3.64. The van der Waals surface area contributed by atoms with Crippen LogP contribution in [0.2, 0.25) is 5.02 Å². The molecular formula is C16H14ClN3OS. The van der Waals surface area contributed by atoms with E-state index in [1.165, 1.54) is 11.8 Å². The number of hydrogen-bond acceptors (Lipinski definition) is 4. The zero-order valence-corrected chi connectivity index (χ0v) is 13.4. The molecule has 0 spiro atoms. The lowest BCUT2D eigenvalue weighted by atomic mass is 10.2. The van der Waals surface area contributed by atoms with Crippen LogP contribution in [0, 0.1) is 6.92 Å². The number of anilines is 1. The van der Waals surface area contributed by atoms with E-state index < -0.39 is 0 Å². The number of aromatic nitrogens is 1. The zero-order chi connectivity index (χ0) is 15.5. The number of nitrogens with zero attached hydrogens (tertiary/aromatic N) is 1. The summed E-state index contributed by atoms with van der Waals surface area (Å²) < 4.78 is 0. The van der Waals surface area contributed by atoms with Crippen LogP contribution >= 0.6 is 23.4 Å². The number of nitrogens with one attached hydrogen (secondary N) is 2. The summed E-state index contributed by atoms with van der Waals surface area (Å²) in [6.45, 7) is 1.98. The molecule has 1 atom stereocenters. The van der Waals surface area contributed by atoms with Crippen LogP contribution in [0.15, 0.2) is 47.6 Å². The van der Waals surface area contributed by atoms with E-state index >= 15 is 0 Å². The number of carbonyl (C=O) groups is 1. The molecule has 1 aliphatic rings. The number of halogens is 1. The summed E-state index contributed by atoms with van der Waals surface area (Å²) in [5.41, 5.74) is 2.75. The molecule has 0 aliphatic carbocycles. The molecule has 3 rings (SSSR count). The maximum Gasteiger partial charge on any atom is 0.260 e. The third-order valence-electron chi connectivity index (χ3n) is 3.21. The smallest absolute Gasteiger partial charge is 0.260 e. The molecule has 1 amide bonds. The fraction of sp³-hybridized carbons (Fsp3) is 0.125. The summed E-state index contributed by atoms with van der Waals surface area (Å²) in [7, 11) is 0. The molecule has 0 radical (unpaired) electrons. The highest BCUT2D eigenvalue weighted by Crippen LogP contribution is 2.31. The van der Waals surface area contributed by atoms with Gasteiger partial charge in [0.25, 0.3) is 5.91 Å². The summed E-state index contributed by atoms with van der Waals surface area (Å²) in [6, 6.07) is 9.36. The molecule has 0 bridgehead atoms. The second-order valence-electron chi connectivity index (χ2n) is 4.86. The molecule has 2 heterocycles. The van der Waals surface area contributed by atoms with Crippen LogP contribution in [-0.2, 0) is 4.79 Å². The highest BCUT2D eigenvalue weighted by molar-refractivity contribution is 8.05. The quantitative estimate of drug-likeness (QED) is 0.843. The van der Waals surface area contributed by atoms with E-state index in [4.69, 9.17) is 11.6 Å². The summed E-state index contributed by atoms with van der Waals surface area (Å²) in [5, 5.41) is 6.91. The van der Waals surface area contributed by atoms with Crippen molar-refractivity contribution in [3.05, 3.63) is 63.8 Å². The van der Waals surface area contributed by atoms with Crippen LogP contribution in [0.3, 0.4) is 0 Å². The van der Waals surface area contributed by atoms with E-state index in [9.17, 15) is 4.79 Å². The minimum absolute atomic E-state index is 0.0778. The van der Waals surface area contributed by atoms with Gasteiger partial charge in [0.1, 0.15) is 0 Å². The van der Waals surface area contributed by atoms with Gasteiger partial charge in [-0.1, -0.05) is 23.4 Å². The number of aryl methyl sites for hydroxylation is 1. The molecular weight excluding hydrogens is 318 g/mol. The second-order valence-corrected chi connectivity index (χ2v) is 6.45. The molecule has 22 heavy (non-hydrogen) atoms. The first kappa shape index (κ1) is 14.9. The monoisotopic (exact) mass is 331 g/mol. The molecule has 0 saturated carbocycles. The minimum Gasteiger partial charge on any atom is -0.356 e. The molecule has 1 fully saturated rings. The topological polar surface area (TPSA) is 54.0 Å². The highest BCUT2D eigenvalue weighted by Gasteiger charge is 2.27. The Hall–Kier alpha value is -1.98. The Labute approximate surface area is 138 Å². The van der Waals surface area contributed by atoms with Crippen molar-refractivity contribution in [2.75, 3.05) is 5.32 Å². The Morgan fingerprint density at radius 3 is 2.82 bits per heavy atom. The van der Waals surface area contributed by atoms with Crippen LogP contribution in [0.4, 0.5) is 5.69 Å². The summed E-state index contributed by atoms with van der Waals surface area (Å²) >= 11 is 7.41. The van der Waals surface area contributed by atoms with Crippen LogP contribution in [0.25, 0.3) is 6.08 Å². The maximum absolute atomic E-state index is 12.0. The van der Waals surface area contributed by atoms with Gasteiger partial charge >= 0.3 is 0 Å². The number of thioether (sulfide) groups is 1. The first-order valence-corrected chi connectivity index (χ1v) is 7.99. The number of pyridine rings is 1. The average molecular weight is 332 g/mol. The van der Waals surface area contributed by atoms with Crippen molar-refractivity contribution in [3.63, 3.8) is 0 Å². The van der Waals surface area contributed by atoms with Crippen molar-refractivity contribution < 1.29 is 4.79 Å². The van der Waals surface area contributed by atoms with E-state index in [1.54, 1.807) is 12.4 Å². The van der Waals surface area contributed by atoms with Gasteiger partial charge in [0.15, 0.2) is 5.50 Å². The largest absolute Gasteiger partial charge is 0.356 e. The normalized spacial score (nSPS) is 19.3. The number of hydrogen-bond donors (Lipinski definition) is 2. The van der Waals surface area contributed by atoms with Gasteiger partial charge in [-0.25, -0.2) is 0 Å². The predicted molar refractivity (Wildman–Crippen MR) is 91.5 cm³/mol. The van der Waals surface area contributed by atoms with E-state index in [1.807, 2.05) is 43.3 Å². The molecule has 1 unspecified atom stereocenters. The van der Waals surface area contributed by atoms with Crippen molar-refractivity contribution in [1.82, 2.24) is 10.3 Å². The van der Waals surface area contributed by atoms with Crippen molar-refractivity contribution in [3.8, 4) is 0 Å². The molecule has 6 heteroatoms. The Balaban J connectivity index is 1.73. The van der Waals surface area contributed by atoms with Gasteiger partial charge in [-0.3, -0.25) is 9.78 Å². The van der Waals surface area contributed by atoms with E-state index in [0.29, 0.717) is 9.93 Å². The van der Waals surface area contributed by atoms with Gasteiger partial charge < -0.3 is 10.6 Å². The first-order valence-electron chi connectivity index (χ1n) is 6.74. The van der Waals surface area contributed by atoms with Crippen molar-refractivity contribution >= 4 is 41.0 Å². The molecule has 2 aromatic rings. The highest BCUT2D eigenvalue weighted by atomic mass is 35.5. The molecule has 1 saturated heterocycles. The van der Waals surface area contributed by atoms with Crippen molar-refractivity contribution in [2.24, 2.45) is 0 Å². The molecule has 112 valence electrons. The number of carbonyl (C=O) groups excluding carboxylic acids is 1. The van der Waals surface area contributed by atoms with Gasteiger partial charge in [-0.2, -0.15) is 0 Å². The Morgan fingerprint density at radius 2 is 2.09 bits per heavy atom. The molecule has 2 N–H and O–H groups in total. The van der Waals surface area contributed by atoms with Gasteiger partial charge in [-0.05, 0) is 54.5 Å². The van der Waals surface area contributed by atoms with Crippen molar-refractivity contribution in [2.45, 2.75) is 12.4 Å².